The molecule has 0 N–H and O–H groups in total. The van der Waals surface area contributed by atoms with Gasteiger partial charge in [-0.25, -0.2) is 4.99 Å². The number of fused-ring (bicyclic) bond motifs is 2. The van der Waals surface area contributed by atoms with Gasteiger partial charge in [0.05, 0.1) is 25.3 Å². The van der Waals surface area contributed by atoms with Gasteiger partial charge in [-0.15, -0.1) is 0 Å². The number of carbonyl (C=O) groups is 1. The number of rotatable bonds is 3. The van der Waals surface area contributed by atoms with E-state index in [-0.39, 0.29) is 5.91 Å². The zero-order valence-corrected chi connectivity index (χ0v) is 19.4. The third-order valence-corrected chi connectivity index (χ3v) is 6.16. The van der Waals surface area contributed by atoms with E-state index in [1.807, 2.05) is 71.6 Å². The molecule has 174 valence electrons. The molecule has 1 fully saturated rings. The van der Waals surface area contributed by atoms with Crippen LogP contribution >= 0.6 is 0 Å². The monoisotopic (exact) mass is 457 g/mol. The smallest absolute Gasteiger partial charge is 0.257 e. The van der Waals surface area contributed by atoms with Crippen LogP contribution in [0.3, 0.4) is 0 Å². The maximum Gasteiger partial charge on any atom is 0.257 e. The minimum atomic E-state index is -0.0159. The van der Waals surface area contributed by atoms with Gasteiger partial charge in [-0.1, -0.05) is 30.3 Å². The number of hydrogen-bond donors (Lipinski definition) is 0. The molecule has 7 heteroatoms. The van der Waals surface area contributed by atoms with E-state index < -0.39 is 0 Å². The lowest BCUT2D eigenvalue weighted by molar-refractivity contribution is 0.0760. The van der Waals surface area contributed by atoms with Crippen molar-refractivity contribution < 1.29 is 19.0 Å². The molecule has 0 saturated carbocycles. The summed E-state index contributed by atoms with van der Waals surface area (Å²) in [5.74, 6) is 3.40. The molecule has 3 aromatic rings. The van der Waals surface area contributed by atoms with Crippen LogP contribution in [0.25, 0.3) is 0 Å². The molecular formula is C27H27N3O4. The summed E-state index contributed by atoms with van der Waals surface area (Å²) in [6.07, 6.45) is 0.821. The first-order valence-electron chi connectivity index (χ1n) is 11.4. The predicted molar refractivity (Wildman–Crippen MR) is 131 cm³/mol. The number of para-hydroxylation sites is 4. The number of nitrogens with zero attached hydrogens (tertiary/aromatic N) is 3. The van der Waals surface area contributed by atoms with Crippen molar-refractivity contribution in [1.82, 2.24) is 9.80 Å². The molecule has 2 aliphatic heterocycles. The van der Waals surface area contributed by atoms with Crippen molar-refractivity contribution in [2.24, 2.45) is 4.99 Å². The number of benzene rings is 3. The van der Waals surface area contributed by atoms with Crippen molar-refractivity contribution in [2.75, 3.05) is 40.4 Å². The van der Waals surface area contributed by atoms with Gasteiger partial charge in [0.25, 0.3) is 5.91 Å². The summed E-state index contributed by atoms with van der Waals surface area (Å²) in [7, 11) is 3.23. The molecule has 0 radical (unpaired) electrons. The zero-order valence-electron chi connectivity index (χ0n) is 19.4. The van der Waals surface area contributed by atoms with Gasteiger partial charge >= 0.3 is 0 Å². The Kier molecular flexibility index (Phi) is 6.08. The largest absolute Gasteiger partial charge is 0.496 e. The highest BCUT2D eigenvalue weighted by atomic mass is 16.5. The number of aliphatic imine (C=N–C) groups is 1. The van der Waals surface area contributed by atoms with Gasteiger partial charge in [-0.05, 0) is 42.8 Å². The maximum absolute atomic E-state index is 13.3. The van der Waals surface area contributed by atoms with Crippen molar-refractivity contribution in [3.05, 3.63) is 77.9 Å². The molecule has 2 heterocycles. The highest BCUT2D eigenvalue weighted by molar-refractivity contribution is 6.04. The standard InChI is InChI=1S/C27H27N3O4/c1-32-22-12-5-3-9-19(22)27(31)30-16-8-15-29(17-18-30)26-20-10-7-14-24(33-2)25(20)34-23-13-6-4-11-21(23)28-26/h3-7,9-14H,8,15-18H2,1-2H3. The van der Waals surface area contributed by atoms with E-state index in [0.717, 1.165) is 30.1 Å². The SMILES string of the molecule is COc1ccccc1C(=O)N1CCCN(C2=Nc3ccccc3Oc3c(OC)cccc32)CC1. The molecule has 1 amide bonds. The molecule has 5 rings (SSSR count). The average molecular weight is 458 g/mol. The average Bonchev–Trinajstić information content (AvgIpc) is 3.23. The Hall–Kier alpha value is -4.00. The van der Waals surface area contributed by atoms with Crippen LogP contribution in [0.4, 0.5) is 5.69 Å². The van der Waals surface area contributed by atoms with Crippen LogP contribution in [0.15, 0.2) is 71.7 Å². The molecule has 3 aromatic carbocycles. The Bertz CT molecular complexity index is 1240. The molecule has 0 unspecified atom stereocenters. The van der Waals surface area contributed by atoms with Crippen LogP contribution in [-0.2, 0) is 0 Å². The first-order chi connectivity index (χ1) is 16.7. The predicted octanol–water partition coefficient (Wildman–Crippen LogP) is 4.74. The van der Waals surface area contributed by atoms with Crippen molar-refractivity contribution in [3.63, 3.8) is 0 Å². The topological polar surface area (TPSA) is 63.6 Å². The van der Waals surface area contributed by atoms with E-state index >= 15 is 0 Å². The van der Waals surface area contributed by atoms with Gasteiger partial charge in [0.2, 0.25) is 0 Å². The molecule has 0 bridgehead atoms. The second kappa shape index (κ2) is 9.47. The Morgan fingerprint density at radius 3 is 2.47 bits per heavy atom. The summed E-state index contributed by atoms with van der Waals surface area (Å²) in [5.41, 5.74) is 2.23. The fourth-order valence-electron chi connectivity index (χ4n) is 4.44. The number of amides is 1. The van der Waals surface area contributed by atoms with Gasteiger partial charge in [0.15, 0.2) is 17.2 Å². The Morgan fingerprint density at radius 1 is 0.853 bits per heavy atom. The number of hydrogen-bond acceptors (Lipinski definition) is 6. The third-order valence-electron chi connectivity index (χ3n) is 6.16. The molecule has 0 aromatic heterocycles. The van der Waals surface area contributed by atoms with Crippen LogP contribution < -0.4 is 14.2 Å². The summed E-state index contributed by atoms with van der Waals surface area (Å²) < 4.78 is 17.3. The minimum Gasteiger partial charge on any atom is -0.496 e. The quantitative estimate of drug-likeness (QED) is 0.569. The molecule has 0 spiro atoms. The fraction of sp³-hybridized carbons (Fsp3) is 0.259. The molecule has 2 aliphatic rings. The number of methoxy groups -OCH3 is 2. The van der Waals surface area contributed by atoms with Crippen LogP contribution in [0.2, 0.25) is 0 Å². The molecule has 7 nitrogen and oxygen atoms in total. The lowest BCUT2D eigenvalue weighted by atomic mass is 10.1. The molecule has 1 saturated heterocycles. The summed E-state index contributed by atoms with van der Waals surface area (Å²) in [6, 6.07) is 21.0. The summed E-state index contributed by atoms with van der Waals surface area (Å²) in [6.45, 7) is 2.67. The second-order valence-electron chi connectivity index (χ2n) is 8.18. The molecule has 0 aliphatic carbocycles. The van der Waals surface area contributed by atoms with Crippen molar-refractivity contribution in [3.8, 4) is 23.0 Å². The Morgan fingerprint density at radius 2 is 1.62 bits per heavy atom. The summed E-state index contributed by atoms with van der Waals surface area (Å²) in [5, 5.41) is 0. The van der Waals surface area contributed by atoms with Gasteiger partial charge < -0.3 is 24.0 Å². The lowest BCUT2D eigenvalue weighted by Crippen LogP contribution is -2.37. The summed E-state index contributed by atoms with van der Waals surface area (Å²) in [4.78, 5) is 22.4. The number of amidine groups is 1. The van der Waals surface area contributed by atoms with Crippen LogP contribution in [0.5, 0.6) is 23.0 Å². The highest BCUT2D eigenvalue weighted by Gasteiger charge is 2.28. The molecular weight excluding hydrogens is 430 g/mol. The summed E-state index contributed by atoms with van der Waals surface area (Å²) >= 11 is 0. The van der Waals surface area contributed by atoms with Gasteiger partial charge in [-0.2, -0.15) is 0 Å². The minimum absolute atomic E-state index is 0.0159. The van der Waals surface area contributed by atoms with Crippen molar-refractivity contribution in [1.29, 1.82) is 0 Å². The van der Waals surface area contributed by atoms with Crippen LogP contribution in [0.1, 0.15) is 22.3 Å². The van der Waals surface area contributed by atoms with E-state index in [4.69, 9.17) is 19.2 Å². The van der Waals surface area contributed by atoms with Crippen LogP contribution in [0, 0.1) is 0 Å². The lowest BCUT2D eigenvalue weighted by Gasteiger charge is -2.26. The van der Waals surface area contributed by atoms with Crippen LogP contribution in [-0.4, -0.2) is 61.9 Å². The van der Waals surface area contributed by atoms with Gasteiger partial charge in [0, 0.05) is 26.2 Å². The molecule has 0 atom stereocenters. The van der Waals surface area contributed by atoms with Gasteiger partial charge in [-0.3, -0.25) is 4.79 Å². The molecule has 34 heavy (non-hydrogen) atoms. The van der Waals surface area contributed by atoms with Crippen molar-refractivity contribution >= 4 is 17.4 Å². The maximum atomic E-state index is 13.3. The third kappa shape index (κ3) is 4.05. The normalized spacial score (nSPS) is 15.2. The first-order valence-corrected chi connectivity index (χ1v) is 11.4. The van der Waals surface area contributed by atoms with E-state index in [1.165, 1.54) is 0 Å². The zero-order chi connectivity index (χ0) is 23.5. The number of ether oxygens (including phenoxy) is 3. The number of carbonyl (C=O) groups excluding carboxylic acids is 1. The van der Waals surface area contributed by atoms with Gasteiger partial charge in [0.1, 0.15) is 17.3 Å². The first kappa shape index (κ1) is 21.8. The van der Waals surface area contributed by atoms with Crippen molar-refractivity contribution in [2.45, 2.75) is 6.42 Å². The fourth-order valence-corrected chi connectivity index (χ4v) is 4.44. The van der Waals surface area contributed by atoms with E-state index in [0.29, 0.717) is 48.2 Å². The Labute approximate surface area is 199 Å². The Balaban J connectivity index is 1.46. The van der Waals surface area contributed by atoms with E-state index in [9.17, 15) is 4.79 Å². The second-order valence-corrected chi connectivity index (χ2v) is 8.18. The van der Waals surface area contributed by atoms with E-state index in [1.54, 1.807) is 14.2 Å². The highest BCUT2D eigenvalue weighted by Crippen LogP contribution is 2.42. The van der Waals surface area contributed by atoms with E-state index in [2.05, 4.69) is 4.90 Å².